The Morgan fingerprint density at radius 3 is 2.61 bits per heavy atom. The molecule has 2 N–H and O–H groups in total. The maximum absolute atomic E-state index is 11.7. The van der Waals surface area contributed by atoms with Crippen LogP contribution in [0.2, 0.25) is 0 Å². The van der Waals surface area contributed by atoms with E-state index >= 15 is 0 Å². The molecule has 1 aromatic carbocycles. The highest BCUT2D eigenvalue weighted by Crippen LogP contribution is 2.26. The molecule has 1 amide bonds. The lowest BCUT2D eigenvalue weighted by Crippen LogP contribution is -2.38. The van der Waals surface area contributed by atoms with Crippen LogP contribution < -0.4 is 10.1 Å². The van der Waals surface area contributed by atoms with Crippen LogP contribution in [0.15, 0.2) is 24.3 Å². The molecule has 0 radical (unpaired) electrons. The molecule has 0 unspecified atom stereocenters. The minimum atomic E-state index is -0.159. The minimum Gasteiger partial charge on any atom is -0.497 e. The number of carbonyl (C=O) groups is 1. The molecular formula is C14H19NO3. The number of benzene rings is 1. The van der Waals surface area contributed by atoms with Gasteiger partial charge in [-0.05, 0) is 36.5 Å². The SMILES string of the molecule is COc1ccc(CC(=O)NCC2CC(O)C2)cc1. The van der Waals surface area contributed by atoms with Crippen molar-refractivity contribution >= 4 is 5.91 Å². The standard InChI is InChI=1S/C14H19NO3/c1-18-13-4-2-10(3-5-13)8-14(17)15-9-11-6-12(16)7-11/h2-5,11-12,16H,6-9H2,1H3,(H,15,17). The lowest BCUT2D eigenvalue weighted by atomic mass is 9.82. The van der Waals surface area contributed by atoms with E-state index in [2.05, 4.69) is 5.32 Å². The van der Waals surface area contributed by atoms with Gasteiger partial charge in [-0.25, -0.2) is 0 Å². The predicted octanol–water partition coefficient (Wildman–Crippen LogP) is 1.12. The summed E-state index contributed by atoms with van der Waals surface area (Å²) >= 11 is 0. The smallest absolute Gasteiger partial charge is 0.224 e. The summed E-state index contributed by atoms with van der Waals surface area (Å²) in [6.45, 7) is 0.673. The van der Waals surface area contributed by atoms with Crippen LogP contribution in [0.3, 0.4) is 0 Å². The fourth-order valence-corrected chi connectivity index (χ4v) is 2.12. The molecule has 0 aliphatic heterocycles. The Hall–Kier alpha value is -1.55. The molecule has 1 aliphatic carbocycles. The van der Waals surface area contributed by atoms with Gasteiger partial charge in [-0.15, -0.1) is 0 Å². The van der Waals surface area contributed by atoms with E-state index in [4.69, 9.17) is 9.84 Å². The number of nitrogens with one attached hydrogen (secondary N) is 1. The summed E-state index contributed by atoms with van der Waals surface area (Å²) in [7, 11) is 1.62. The van der Waals surface area contributed by atoms with Crippen LogP contribution in [0.1, 0.15) is 18.4 Å². The van der Waals surface area contributed by atoms with Crippen LogP contribution in [0.5, 0.6) is 5.75 Å². The van der Waals surface area contributed by atoms with Crippen molar-refractivity contribution in [2.45, 2.75) is 25.4 Å². The first-order valence-corrected chi connectivity index (χ1v) is 6.25. The Morgan fingerprint density at radius 1 is 1.39 bits per heavy atom. The molecule has 1 aliphatic rings. The Morgan fingerprint density at radius 2 is 2.06 bits per heavy atom. The summed E-state index contributed by atoms with van der Waals surface area (Å²) in [5.41, 5.74) is 0.974. The summed E-state index contributed by atoms with van der Waals surface area (Å²) < 4.78 is 5.06. The molecule has 1 saturated carbocycles. The van der Waals surface area contributed by atoms with Crippen molar-refractivity contribution in [3.05, 3.63) is 29.8 Å². The van der Waals surface area contributed by atoms with Gasteiger partial charge < -0.3 is 15.2 Å². The highest BCUT2D eigenvalue weighted by Gasteiger charge is 2.26. The van der Waals surface area contributed by atoms with Gasteiger partial charge in [-0.1, -0.05) is 12.1 Å². The number of hydrogen-bond donors (Lipinski definition) is 2. The Kier molecular flexibility index (Phi) is 4.20. The first-order valence-electron chi connectivity index (χ1n) is 6.25. The largest absolute Gasteiger partial charge is 0.497 e. The van der Waals surface area contributed by atoms with Crippen LogP contribution in [0.4, 0.5) is 0 Å². The van der Waals surface area contributed by atoms with Crippen LogP contribution in [-0.4, -0.2) is 30.8 Å². The number of methoxy groups -OCH3 is 1. The van der Waals surface area contributed by atoms with Gasteiger partial charge in [0.1, 0.15) is 5.75 Å². The van der Waals surface area contributed by atoms with E-state index in [1.165, 1.54) is 0 Å². The van der Waals surface area contributed by atoms with Gasteiger partial charge in [0.05, 0.1) is 19.6 Å². The van der Waals surface area contributed by atoms with Gasteiger partial charge in [0.15, 0.2) is 0 Å². The second kappa shape index (κ2) is 5.87. The first kappa shape index (κ1) is 12.9. The number of rotatable bonds is 5. The lowest BCUT2D eigenvalue weighted by Gasteiger charge is -2.31. The number of aliphatic hydroxyl groups excluding tert-OH is 1. The number of aliphatic hydroxyl groups is 1. The number of carbonyl (C=O) groups excluding carboxylic acids is 1. The molecule has 0 aromatic heterocycles. The maximum atomic E-state index is 11.7. The fourth-order valence-electron chi connectivity index (χ4n) is 2.12. The molecule has 4 heteroatoms. The van der Waals surface area contributed by atoms with E-state index in [9.17, 15) is 4.79 Å². The number of amides is 1. The lowest BCUT2D eigenvalue weighted by molar-refractivity contribution is -0.121. The zero-order valence-electron chi connectivity index (χ0n) is 10.6. The van der Waals surface area contributed by atoms with Crippen LogP contribution in [-0.2, 0) is 11.2 Å². The average Bonchev–Trinajstić information content (AvgIpc) is 2.34. The van der Waals surface area contributed by atoms with Crippen molar-refractivity contribution < 1.29 is 14.6 Å². The van der Waals surface area contributed by atoms with Gasteiger partial charge in [-0.2, -0.15) is 0 Å². The van der Waals surface area contributed by atoms with Crippen molar-refractivity contribution in [3.8, 4) is 5.75 Å². The third-order valence-electron chi connectivity index (χ3n) is 3.32. The minimum absolute atomic E-state index is 0.0292. The third kappa shape index (κ3) is 3.47. The highest BCUT2D eigenvalue weighted by atomic mass is 16.5. The molecule has 2 rings (SSSR count). The number of hydrogen-bond acceptors (Lipinski definition) is 3. The van der Waals surface area contributed by atoms with Gasteiger partial charge in [0, 0.05) is 6.54 Å². The highest BCUT2D eigenvalue weighted by molar-refractivity contribution is 5.78. The summed E-state index contributed by atoms with van der Waals surface area (Å²) in [6.07, 6.45) is 1.85. The molecule has 0 bridgehead atoms. The van der Waals surface area contributed by atoms with E-state index < -0.39 is 0 Å². The second-order valence-electron chi connectivity index (χ2n) is 4.82. The van der Waals surface area contributed by atoms with E-state index in [0.29, 0.717) is 18.9 Å². The van der Waals surface area contributed by atoms with Crippen molar-refractivity contribution in [1.29, 1.82) is 0 Å². The molecule has 0 heterocycles. The van der Waals surface area contributed by atoms with Gasteiger partial charge in [-0.3, -0.25) is 4.79 Å². The molecule has 1 aromatic rings. The van der Waals surface area contributed by atoms with Crippen molar-refractivity contribution in [2.24, 2.45) is 5.92 Å². The molecule has 4 nitrogen and oxygen atoms in total. The van der Waals surface area contributed by atoms with E-state index in [1.807, 2.05) is 24.3 Å². The Labute approximate surface area is 107 Å². The van der Waals surface area contributed by atoms with Crippen molar-refractivity contribution in [1.82, 2.24) is 5.32 Å². The van der Waals surface area contributed by atoms with Gasteiger partial charge in [0.25, 0.3) is 0 Å². The number of ether oxygens (including phenoxy) is 1. The summed E-state index contributed by atoms with van der Waals surface area (Å²) in [4.78, 5) is 11.7. The fraction of sp³-hybridized carbons (Fsp3) is 0.500. The monoisotopic (exact) mass is 249 g/mol. The molecule has 0 saturated heterocycles. The van der Waals surface area contributed by atoms with Crippen LogP contribution >= 0.6 is 0 Å². The summed E-state index contributed by atoms with van der Waals surface area (Å²) in [5, 5.41) is 12.0. The average molecular weight is 249 g/mol. The molecule has 1 fully saturated rings. The zero-order valence-corrected chi connectivity index (χ0v) is 10.6. The van der Waals surface area contributed by atoms with E-state index in [0.717, 1.165) is 24.2 Å². The topological polar surface area (TPSA) is 58.6 Å². The van der Waals surface area contributed by atoms with Crippen molar-refractivity contribution in [3.63, 3.8) is 0 Å². The Balaban J connectivity index is 1.72. The first-order chi connectivity index (χ1) is 8.67. The second-order valence-corrected chi connectivity index (χ2v) is 4.82. The van der Waals surface area contributed by atoms with Gasteiger partial charge >= 0.3 is 0 Å². The van der Waals surface area contributed by atoms with Gasteiger partial charge in [0.2, 0.25) is 5.91 Å². The van der Waals surface area contributed by atoms with E-state index in [1.54, 1.807) is 7.11 Å². The molecular weight excluding hydrogens is 230 g/mol. The van der Waals surface area contributed by atoms with Crippen LogP contribution in [0.25, 0.3) is 0 Å². The van der Waals surface area contributed by atoms with E-state index in [-0.39, 0.29) is 12.0 Å². The predicted molar refractivity (Wildman–Crippen MR) is 68.4 cm³/mol. The van der Waals surface area contributed by atoms with Crippen LogP contribution in [0, 0.1) is 5.92 Å². The molecule has 0 atom stereocenters. The maximum Gasteiger partial charge on any atom is 0.224 e. The quantitative estimate of drug-likeness (QED) is 0.822. The normalized spacial score (nSPS) is 22.1. The summed E-state index contributed by atoms with van der Waals surface area (Å²) in [6, 6.07) is 7.49. The zero-order chi connectivity index (χ0) is 13.0. The third-order valence-corrected chi connectivity index (χ3v) is 3.32. The molecule has 18 heavy (non-hydrogen) atoms. The summed E-state index contributed by atoms with van der Waals surface area (Å²) in [5.74, 6) is 1.27. The molecule has 98 valence electrons. The Bertz CT molecular complexity index is 396. The molecule has 0 spiro atoms. The van der Waals surface area contributed by atoms with Crippen molar-refractivity contribution in [2.75, 3.05) is 13.7 Å².